The number of thiophene rings is 1. The number of ether oxygens (including phenoxy) is 1. The van der Waals surface area contributed by atoms with Crippen LogP contribution >= 0.6 is 22.9 Å². The number of halogens is 1. The van der Waals surface area contributed by atoms with Gasteiger partial charge >= 0.3 is 0 Å². The third-order valence-electron chi connectivity index (χ3n) is 3.48. The number of carbonyl (C=O) groups excluding carboxylic acids is 1. The Morgan fingerprint density at radius 1 is 1.19 bits per heavy atom. The van der Waals surface area contributed by atoms with Crippen LogP contribution in [0.5, 0.6) is 5.75 Å². The van der Waals surface area contributed by atoms with E-state index in [-0.39, 0.29) is 31.2 Å². The molecule has 0 saturated heterocycles. The summed E-state index contributed by atoms with van der Waals surface area (Å²) < 4.78 is 6.70. The highest BCUT2D eigenvalue weighted by Gasteiger charge is 2.07. The summed E-state index contributed by atoms with van der Waals surface area (Å²) in [5, 5.41) is 9.43. The molecule has 0 bridgehead atoms. The van der Waals surface area contributed by atoms with Crippen molar-refractivity contribution < 1.29 is 9.53 Å². The molecule has 2 heterocycles. The van der Waals surface area contributed by atoms with E-state index in [0.717, 1.165) is 10.6 Å². The Hall–Kier alpha value is -2.64. The Morgan fingerprint density at radius 2 is 2.04 bits per heavy atom. The van der Waals surface area contributed by atoms with Crippen LogP contribution in [0.3, 0.4) is 0 Å². The molecule has 0 saturated carbocycles. The molecular weight excluding hydrogens is 374 g/mol. The fourth-order valence-electron chi connectivity index (χ4n) is 2.22. The topological polar surface area (TPSA) is 73.2 Å². The monoisotopic (exact) mass is 389 g/mol. The van der Waals surface area contributed by atoms with Crippen molar-refractivity contribution in [3.8, 4) is 16.3 Å². The number of benzene rings is 1. The van der Waals surface area contributed by atoms with Gasteiger partial charge in [0.2, 0.25) is 0 Å². The van der Waals surface area contributed by atoms with Crippen LogP contribution < -0.4 is 15.6 Å². The Bertz CT molecular complexity index is 941. The number of nitrogens with zero attached hydrogens (tertiary/aromatic N) is 2. The molecule has 0 unspecified atom stereocenters. The van der Waals surface area contributed by atoms with E-state index < -0.39 is 0 Å². The second kappa shape index (κ2) is 8.64. The predicted octanol–water partition coefficient (Wildman–Crippen LogP) is 2.82. The molecule has 0 fully saturated rings. The standard InChI is InChI=1S/C18H16ClN3O3S/c19-13-4-1-2-5-15(13)25-12-17(23)20-9-10-22-18(24)8-7-14(21-22)16-6-3-11-26-16/h1-8,11H,9-10,12H2,(H,20,23). The van der Waals surface area contributed by atoms with E-state index in [1.807, 2.05) is 17.5 Å². The Labute approximate surface area is 159 Å². The first-order chi connectivity index (χ1) is 12.6. The minimum Gasteiger partial charge on any atom is -0.482 e. The lowest BCUT2D eigenvalue weighted by Crippen LogP contribution is -2.34. The molecular formula is C18H16ClN3O3S. The second-order valence-corrected chi connectivity index (χ2v) is 6.68. The molecule has 3 aromatic rings. The summed E-state index contributed by atoms with van der Waals surface area (Å²) in [7, 11) is 0. The number of rotatable bonds is 7. The lowest BCUT2D eigenvalue weighted by Gasteiger charge is -2.09. The molecule has 0 spiro atoms. The molecule has 6 nitrogen and oxygen atoms in total. The van der Waals surface area contributed by atoms with Gasteiger partial charge in [-0.2, -0.15) is 5.10 Å². The number of aromatic nitrogens is 2. The predicted molar refractivity (Wildman–Crippen MR) is 102 cm³/mol. The minimum absolute atomic E-state index is 0.151. The first kappa shape index (κ1) is 18.2. The van der Waals surface area contributed by atoms with Gasteiger partial charge in [-0.25, -0.2) is 4.68 Å². The number of amides is 1. The molecule has 3 rings (SSSR count). The molecule has 134 valence electrons. The molecule has 0 aliphatic carbocycles. The van der Waals surface area contributed by atoms with Crippen LogP contribution in [-0.4, -0.2) is 28.8 Å². The SMILES string of the molecule is O=C(COc1ccccc1Cl)NCCn1nc(-c2cccs2)ccc1=O. The summed E-state index contributed by atoms with van der Waals surface area (Å²) in [6.07, 6.45) is 0. The maximum atomic E-state index is 11.9. The van der Waals surface area contributed by atoms with Crippen LogP contribution in [0.1, 0.15) is 0 Å². The van der Waals surface area contributed by atoms with E-state index in [1.54, 1.807) is 41.7 Å². The van der Waals surface area contributed by atoms with Gasteiger partial charge in [0, 0.05) is 12.6 Å². The van der Waals surface area contributed by atoms with Crippen molar-refractivity contribution in [1.29, 1.82) is 0 Å². The Morgan fingerprint density at radius 3 is 2.81 bits per heavy atom. The third-order valence-corrected chi connectivity index (χ3v) is 4.69. The van der Waals surface area contributed by atoms with Gasteiger partial charge in [-0.05, 0) is 29.6 Å². The van der Waals surface area contributed by atoms with Gasteiger partial charge in [0.25, 0.3) is 11.5 Å². The minimum atomic E-state index is -0.299. The molecule has 26 heavy (non-hydrogen) atoms. The van der Waals surface area contributed by atoms with Gasteiger partial charge in [0.15, 0.2) is 6.61 Å². The number of hydrogen-bond donors (Lipinski definition) is 1. The lowest BCUT2D eigenvalue weighted by atomic mass is 10.3. The van der Waals surface area contributed by atoms with Crippen LogP contribution in [-0.2, 0) is 11.3 Å². The molecule has 8 heteroatoms. The smallest absolute Gasteiger partial charge is 0.266 e. The summed E-state index contributed by atoms with van der Waals surface area (Å²) in [4.78, 5) is 24.8. The normalized spacial score (nSPS) is 10.5. The van der Waals surface area contributed by atoms with Crippen molar-refractivity contribution in [3.63, 3.8) is 0 Å². The summed E-state index contributed by atoms with van der Waals surface area (Å²) in [5.74, 6) is 0.151. The number of nitrogens with one attached hydrogen (secondary N) is 1. The molecule has 0 aliphatic rings. The van der Waals surface area contributed by atoms with E-state index in [9.17, 15) is 9.59 Å². The van der Waals surface area contributed by atoms with Crippen LogP contribution in [0.15, 0.2) is 58.7 Å². The fourth-order valence-corrected chi connectivity index (χ4v) is 3.10. The number of para-hydroxylation sites is 1. The molecule has 1 aromatic carbocycles. The molecule has 0 aliphatic heterocycles. The van der Waals surface area contributed by atoms with Crippen molar-refractivity contribution in [3.05, 3.63) is 69.3 Å². The van der Waals surface area contributed by atoms with E-state index >= 15 is 0 Å². The molecule has 1 amide bonds. The Kier molecular flexibility index (Phi) is 6.04. The molecule has 1 N–H and O–H groups in total. The van der Waals surface area contributed by atoms with E-state index in [1.165, 1.54) is 10.7 Å². The molecule has 0 atom stereocenters. The van der Waals surface area contributed by atoms with Gasteiger partial charge in [0.05, 0.1) is 16.4 Å². The quantitative estimate of drug-likeness (QED) is 0.674. The largest absolute Gasteiger partial charge is 0.482 e. The fraction of sp³-hybridized carbons (Fsp3) is 0.167. The van der Waals surface area contributed by atoms with Crippen molar-refractivity contribution in [1.82, 2.24) is 15.1 Å². The lowest BCUT2D eigenvalue weighted by molar-refractivity contribution is -0.123. The van der Waals surface area contributed by atoms with Crippen molar-refractivity contribution >= 4 is 28.8 Å². The van der Waals surface area contributed by atoms with Gasteiger partial charge in [-0.15, -0.1) is 11.3 Å². The maximum absolute atomic E-state index is 11.9. The summed E-state index contributed by atoms with van der Waals surface area (Å²) in [5.41, 5.74) is 0.514. The number of carbonyl (C=O) groups is 1. The average Bonchev–Trinajstić information content (AvgIpc) is 3.17. The van der Waals surface area contributed by atoms with Gasteiger partial charge < -0.3 is 10.1 Å². The van der Waals surface area contributed by atoms with Crippen LogP contribution in [0.25, 0.3) is 10.6 Å². The second-order valence-electron chi connectivity index (χ2n) is 5.33. The van der Waals surface area contributed by atoms with Gasteiger partial charge in [-0.3, -0.25) is 9.59 Å². The van der Waals surface area contributed by atoms with Crippen LogP contribution in [0.2, 0.25) is 5.02 Å². The first-order valence-corrected chi connectivity index (χ1v) is 9.15. The van der Waals surface area contributed by atoms with Crippen molar-refractivity contribution in [2.45, 2.75) is 6.54 Å². The van der Waals surface area contributed by atoms with Crippen LogP contribution in [0.4, 0.5) is 0 Å². The van der Waals surface area contributed by atoms with Crippen LogP contribution in [0, 0.1) is 0 Å². The zero-order valence-corrected chi connectivity index (χ0v) is 15.3. The molecule has 2 aromatic heterocycles. The van der Waals surface area contributed by atoms with Crippen molar-refractivity contribution in [2.24, 2.45) is 0 Å². The third kappa shape index (κ3) is 4.71. The van der Waals surface area contributed by atoms with Crippen molar-refractivity contribution in [2.75, 3.05) is 13.2 Å². The summed E-state index contributed by atoms with van der Waals surface area (Å²) in [6, 6.07) is 14.0. The van der Waals surface area contributed by atoms with E-state index in [0.29, 0.717) is 10.8 Å². The highest BCUT2D eigenvalue weighted by molar-refractivity contribution is 7.13. The van der Waals surface area contributed by atoms with E-state index in [2.05, 4.69) is 10.4 Å². The zero-order valence-electron chi connectivity index (χ0n) is 13.7. The first-order valence-electron chi connectivity index (χ1n) is 7.89. The van der Waals surface area contributed by atoms with Gasteiger partial charge in [0.1, 0.15) is 11.4 Å². The highest BCUT2D eigenvalue weighted by atomic mass is 35.5. The van der Waals surface area contributed by atoms with E-state index in [4.69, 9.17) is 16.3 Å². The molecule has 0 radical (unpaired) electrons. The zero-order chi connectivity index (χ0) is 18.4. The average molecular weight is 390 g/mol. The van der Waals surface area contributed by atoms with Gasteiger partial charge in [-0.1, -0.05) is 29.8 Å². The number of hydrogen-bond acceptors (Lipinski definition) is 5. The summed E-state index contributed by atoms with van der Waals surface area (Å²) in [6.45, 7) is 0.392. The maximum Gasteiger partial charge on any atom is 0.266 e. The highest BCUT2D eigenvalue weighted by Crippen LogP contribution is 2.23. The summed E-state index contributed by atoms with van der Waals surface area (Å²) >= 11 is 7.51. The Balaban J connectivity index is 1.51.